The predicted molar refractivity (Wildman–Crippen MR) is 129 cm³/mol. The van der Waals surface area contributed by atoms with Crippen LogP contribution in [0.1, 0.15) is 35.4 Å². The first-order chi connectivity index (χ1) is 17.1. The molecule has 4 aromatic rings. The van der Waals surface area contributed by atoms with Crippen molar-refractivity contribution in [3.8, 4) is 17.2 Å². The molecule has 1 saturated carbocycles. The molecular formula is C27H24F2N6. The first kappa shape index (κ1) is 21.7. The van der Waals surface area contributed by atoms with Crippen LogP contribution in [-0.4, -0.2) is 45.7 Å². The van der Waals surface area contributed by atoms with Crippen LogP contribution >= 0.6 is 0 Å². The lowest BCUT2D eigenvalue weighted by atomic mass is 10.0. The van der Waals surface area contributed by atoms with Gasteiger partial charge in [-0.3, -0.25) is 4.90 Å². The molecule has 0 amide bonds. The molecule has 1 aliphatic carbocycles. The molecule has 2 fully saturated rings. The monoisotopic (exact) mass is 470 g/mol. The van der Waals surface area contributed by atoms with Gasteiger partial charge in [0.2, 0.25) is 0 Å². The van der Waals surface area contributed by atoms with E-state index in [2.05, 4.69) is 27.0 Å². The average molecular weight is 471 g/mol. The number of piperazine rings is 1. The maximum atomic E-state index is 14.0. The number of halogens is 2. The molecule has 6 rings (SSSR count). The molecule has 3 aromatic heterocycles. The number of benzene rings is 1. The first-order valence-electron chi connectivity index (χ1n) is 11.9. The second-order valence-electron chi connectivity index (χ2n) is 9.29. The quantitative estimate of drug-likeness (QED) is 0.422. The van der Waals surface area contributed by atoms with Crippen LogP contribution in [0.4, 0.5) is 14.6 Å². The van der Waals surface area contributed by atoms with Crippen LogP contribution in [0.5, 0.6) is 0 Å². The predicted octanol–water partition coefficient (Wildman–Crippen LogP) is 4.75. The number of rotatable bonds is 5. The van der Waals surface area contributed by atoms with Crippen molar-refractivity contribution in [3.63, 3.8) is 0 Å². The second kappa shape index (κ2) is 8.75. The molecule has 1 aliphatic heterocycles. The smallest absolute Gasteiger partial charge is 0.130 e. The van der Waals surface area contributed by atoms with Crippen LogP contribution in [0.25, 0.3) is 16.6 Å². The summed E-state index contributed by atoms with van der Waals surface area (Å²) in [5.41, 5.74) is 4.65. The third-order valence-corrected chi connectivity index (χ3v) is 7.00. The lowest BCUT2D eigenvalue weighted by Crippen LogP contribution is -2.46. The van der Waals surface area contributed by atoms with Crippen molar-refractivity contribution < 1.29 is 8.78 Å². The average Bonchev–Trinajstić information content (AvgIpc) is 3.66. The van der Waals surface area contributed by atoms with E-state index in [1.807, 2.05) is 29.0 Å². The van der Waals surface area contributed by atoms with Crippen molar-refractivity contribution in [1.82, 2.24) is 19.5 Å². The summed E-state index contributed by atoms with van der Waals surface area (Å²) in [6.45, 7) is 3.11. The van der Waals surface area contributed by atoms with Gasteiger partial charge in [-0.05, 0) is 54.7 Å². The van der Waals surface area contributed by atoms with E-state index in [1.54, 1.807) is 6.20 Å². The van der Waals surface area contributed by atoms with Gasteiger partial charge in [0.25, 0.3) is 0 Å². The fraction of sp³-hybridized carbons (Fsp3) is 0.296. The van der Waals surface area contributed by atoms with Crippen molar-refractivity contribution >= 4 is 11.3 Å². The molecule has 35 heavy (non-hydrogen) atoms. The number of nitriles is 1. The van der Waals surface area contributed by atoms with Crippen molar-refractivity contribution in [3.05, 3.63) is 83.3 Å². The lowest BCUT2D eigenvalue weighted by Gasteiger charge is -2.35. The van der Waals surface area contributed by atoms with Crippen LogP contribution in [0.3, 0.4) is 0 Å². The zero-order valence-corrected chi connectivity index (χ0v) is 19.2. The van der Waals surface area contributed by atoms with Gasteiger partial charge in [-0.2, -0.15) is 10.4 Å². The third kappa shape index (κ3) is 4.13. The summed E-state index contributed by atoms with van der Waals surface area (Å²) < 4.78 is 29.8. The first-order valence-corrected chi connectivity index (χ1v) is 11.9. The molecular weight excluding hydrogens is 446 g/mol. The summed E-state index contributed by atoms with van der Waals surface area (Å²) in [5, 5.41) is 14.0. The Balaban J connectivity index is 1.20. The standard InChI is InChI=1S/C27H24F2N6/c28-24-2-1-3-25(29)23(24)17-33-8-10-34(11-9-33)26-7-6-19(14-31-26)22-12-20(18-4-5-18)16-35-27(22)21(13-30)15-32-35/h1-3,6-7,12,14-16,18H,4-5,8-11,17H2. The normalized spacial score (nSPS) is 16.5. The van der Waals surface area contributed by atoms with Gasteiger partial charge in [-0.15, -0.1) is 0 Å². The number of anilines is 1. The van der Waals surface area contributed by atoms with Gasteiger partial charge in [0.15, 0.2) is 0 Å². The minimum Gasteiger partial charge on any atom is -0.354 e. The molecule has 1 saturated heterocycles. The molecule has 0 unspecified atom stereocenters. The second-order valence-corrected chi connectivity index (χ2v) is 9.29. The minimum absolute atomic E-state index is 0.125. The zero-order valence-electron chi connectivity index (χ0n) is 19.2. The van der Waals surface area contributed by atoms with Gasteiger partial charge in [0.05, 0.1) is 17.3 Å². The molecule has 176 valence electrons. The summed E-state index contributed by atoms with van der Waals surface area (Å²) in [6, 6.07) is 12.5. The topological polar surface area (TPSA) is 60.5 Å². The third-order valence-electron chi connectivity index (χ3n) is 7.00. The Bertz CT molecular complexity index is 1410. The van der Waals surface area contributed by atoms with Crippen molar-refractivity contribution in [2.24, 2.45) is 0 Å². The summed E-state index contributed by atoms with van der Waals surface area (Å²) in [6.07, 6.45) is 7.88. The highest BCUT2D eigenvalue weighted by Crippen LogP contribution is 2.42. The van der Waals surface area contributed by atoms with Crippen LogP contribution in [0.2, 0.25) is 0 Å². The van der Waals surface area contributed by atoms with Gasteiger partial charge >= 0.3 is 0 Å². The minimum atomic E-state index is -0.498. The van der Waals surface area contributed by atoms with E-state index in [-0.39, 0.29) is 12.1 Å². The molecule has 0 atom stereocenters. The number of aromatic nitrogens is 3. The highest BCUT2D eigenvalue weighted by molar-refractivity contribution is 5.85. The van der Waals surface area contributed by atoms with Gasteiger partial charge in [-0.25, -0.2) is 18.3 Å². The highest BCUT2D eigenvalue weighted by atomic mass is 19.1. The Hall–Kier alpha value is -3.83. The van der Waals surface area contributed by atoms with E-state index in [0.717, 1.165) is 35.6 Å². The van der Waals surface area contributed by atoms with Gasteiger partial charge in [-0.1, -0.05) is 6.07 Å². The van der Waals surface area contributed by atoms with Crippen molar-refractivity contribution in [1.29, 1.82) is 5.26 Å². The summed E-state index contributed by atoms with van der Waals surface area (Å²) >= 11 is 0. The molecule has 8 heteroatoms. The summed E-state index contributed by atoms with van der Waals surface area (Å²) in [4.78, 5) is 8.98. The number of nitrogens with zero attached hydrogens (tertiary/aromatic N) is 6. The summed E-state index contributed by atoms with van der Waals surface area (Å²) in [5.74, 6) is 0.438. The Kier molecular flexibility index (Phi) is 5.42. The van der Waals surface area contributed by atoms with E-state index >= 15 is 0 Å². The summed E-state index contributed by atoms with van der Waals surface area (Å²) in [7, 11) is 0. The molecule has 6 nitrogen and oxygen atoms in total. The van der Waals surface area contributed by atoms with E-state index in [4.69, 9.17) is 4.98 Å². The lowest BCUT2D eigenvalue weighted by molar-refractivity contribution is 0.242. The highest BCUT2D eigenvalue weighted by Gasteiger charge is 2.26. The molecule has 1 aromatic carbocycles. The molecule has 0 radical (unpaired) electrons. The molecule has 2 aliphatic rings. The van der Waals surface area contributed by atoms with Crippen molar-refractivity contribution in [2.45, 2.75) is 25.3 Å². The number of fused-ring (bicyclic) bond motifs is 1. The zero-order chi connectivity index (χ0) is 23.9. The van der Waals surface area contributed by atoms with Crippen LogP contribution in [0, 0.1) is 23.0 Å². The maximum absolute atomic E-state index is 14.0. The Labute approximate surface area is 202 Å². The Morgan fingerprint density at radius 2 is 1.77 bits per heavy atom. The van der Waals surface area contributed by atoms with Crippen LogP contribution in [-0.2, 0) is 6.54 Å². The maximum Gasteiger partial charge on any atom is 0.130 e. The molecule has 0 N–H and O–H groups in total. The van der Waals surface area contributed by atoms with E-state index < -0.39 is 11.6 Å². The van der Waals surface area contributed by atoms with E-state index in [0.29, 0.717) is 24.6 Å². The number of pyridine rings is 2. The number of hydrogen-bond donors (Lipinski definition) is 0. The Morgan fingerprint density at radius 3 is 2.43 bits per heavy atom. The van der Waals surface area contributed by atoms with Gasteiger partial charge in [0, 0.05) is 61.8 Å². The molecule has 0 spiro atoms. The Morgan fingerprint density at radius 1 is 1.00 bits per heavy atom. The van der Waals surface area contributed by atoms with Gasteiger partial charge < -0.3 is 4.90 Å². The van der Waals surface area contributed by atoms with Gasteiger partial charge in [0.1, 0.15) is 23.5 Å². The fourth-order valence-corrected chi connectivity index (χ4v) is 4.86. The van der Waals surface area contributed by atoms with Crippen LogP contribution < -0.4 is 4.90 Å². The number of hydrogen-bond acceptors (Lipinski definition) is 5. The van der Waals surface area contributed by atoms with Crippen molar-refractivity contribution in [2.75, 3.05) is 31.1 Å². The SMILES string of the molecule is N#Cc1cnn2cc(C3CC3)cc(-c3ccc(N4CCN(Cc5c(F)cccc5F)CC4)nc3)c12. The van der Waals surface area contributed by atoms with E-state index in [1.165, 1.54) is 36.6 Å². The fourth-order valence-electron chi connectivity index (χ4n) is 4.86. The molecule has 0 bridgehead atoms. The largest absolute Gasteiger partial charge is 0.354 e. The van der Waals surface area contributed by atoms with E-state index in [9.17, 15) is 14.0 Å². The van der Waals surface area contributed by atoms with Crippen LogP contribution in [0.15, 0.2) is 55.0 Å². The molecule has 4 heterocycles.